The van der Waals surface area contributed by atoms with E-state index in [0.717, 1.165) is 72.4 Å². The van der Waals surface area contributed by atoms with Gasteiger partial charge in [-0.2, -0.15) is 0 Å². The third-order valence-corrected chi connectivity index (χ3v) is 7.44. The number of allylic oxidation sites excluding steroid dienone is 1. The topological polar surface area (TPSA) is 26.7 Å². The zero-order valence-corrected chi connectivity index (χ0v) is 20.4. The highest BCUT2D eigenvalue weighted by atomic mass is 35.5. The molecule has 1 N–H and O–H groups in total. The molecule has 0 aromatic heterocycles. The second kappa shape index (κ2) is 9.44. The van der Waals surface area contributed by atoms with Crippen molar-refractivity contribution in [2.24, 2.45) is 0 Å². The lowest BCUT2D eigenvalue weighted by atomic mass is 9.79. The van der Waals surface area contributed by atoms with Crippen LogP contribution in [-0.2, 0) is 6.42 Å². The fourth-order valence-corrected chi connectivity index (χ4v) is 5.53. The molecule has 0 atom stereocenters. The molecule has 0 unspecified atom stereocenters. The lowest BCUT2D eigenvalue weighted by molar-refractivity contribution is 0.209. The van der Waals surface area contributed by atoms with Crippen molar-refractivity contribution >= 4 is 28.4 Å². The standard InChI is InChI=1S/C29H30ClFN2O/c1-19(2)32-13-15-33(16-14-32)23-7-3-20(4-8-23)29-25-12-9-24(34)17-21(25)5-10-27(29)26-11-6-22(31)18-28(26)30/h3-4,6-9,11-12,17-19,34H,5,10,13-16H2,1-2H3. The average Bonchev–Trinajstić information content (AvgIpc) is 2.84. The minimum Gasteiger partial charge on any atom is -0.508 e. The van der Waals surface area contributed by atoms with Crippen LogP contribution in [-0.4, -0.2) is 42.2 Å². The zero-order valence-electron chi connectivity index (χ0n) is 19.7. The number of anilines is 1. The summed E-state index contributed by atoms with van der Waals surface area (Å²) in [5.41, 5.74) is 7.63. The summed E-state index contributed by atoms with van der Waals surface area (Å²) in [5, 5.41) is 10.5. The van der Waals surface area contributed by atoms with E-state index in [2.05, 4.69) is 47.9 Å². The Balaban J connectivity index is 1.54. The number of benzene rings is 3. The number of piperazine rings is 1. The van der Waals surface area contributed by atoms with Crippen LogP contribution in [0.25, 0.3) is 11.1 Å². The van der Waals surface area contributed by atoms with E-state index in [9.17, 15) is 9.50 Å². The minimum atomic E-state index is -0.334. The van der Waals surface area contributed by atoms with Gasteiger partial charge in [-0.3, -0.25) is 4.90 Å². The summed E-state index contributed by atoms with van der Waals surface area (Å²) in [5.74, 6) is -0.0591. The maximum Gasteiger partial charge on any atom is 0.124 e. The summed E-state index contributed by atoms with van der Waals surface area (Å²) in [6.07, 6.45) is 1.57. The van der Waals surface area contributed by atoms with Gasteiger partial charge >= 0.3 is 0 Å². The van der Waals surface area contributed by atoms with Crippen LogP contribution in [0.3, 0.4) is 0 Å². The van der Waals surface area contributed by atoms with Crippen LogP contribution in [0, 0.1) is 5.82 Å². The van der Waals surface area contributed by atoms with Crippen LogP contribution in [0.1, 0.15) is 42.5 Å². The molecule has 2 aliphatic rings. The molecule has 5 rings (SSSR count). The number of phenolic OH excluding ortho intramolecular Hbond substituents is 1. The largest absolute Gasteiger partial charge is 0.508 e. The van der Waals surface area contributed by atoms with Gasteiger partial charge in [0.15, 0.2) is 0 Å². The van der Waals surface area contributed by atoms with Crippen molar-refractivity contribution in [3.05, 3.63) is 93.8 Å². The van der Waals surface area contributed by atoms with Crippen LogP contribution >= 0.6 is 11.6 Å². The van der Waals surface area contributed by atoms with E-state index in [0.29, 0.717) is 11.1 Å². The third-order valence-electron chi connectivity index (χ3n) is 7.13. The molecule has 3 aromatic carbocycles. The number of aromatic hydroxyl groups is 1. The lowest BCUT2D eigenvalue weighted by Crippen LogP contribution is -2.48. The molecule has 3 aromatic rings. The Labute approximate surface area is 206 Å². The first-order chi connectivity index (χ1) is 16.4. The molecule has 0 radical (unpaired) electrons. The monoisotopic (exact) mass is 476 g/mol. The third kappa shape index (κ3) is 4.45. The molecular weight excluding hydrogens is 447 g/mol. The first kappa shape index (κ1) is 22.9. The molecule has 0 saturated carbocycles. The molecule has 5 heteroatoms. The Hall–Kier alpha value is -2.82. The summed E-state index contributed by atoms with van der Waals surface area (Å²) in [6.45, 7) is 8.72. The molecule has 1 aliphatic carbocycles. The smallest absolute Gasteiger partial charge is 0.124 e. The molecule has 3 nitrogen and oxygen atoms in total. The van der Waals surface area contributed by atoms with Crippen molar-refractivity contribution < 1.29 is 9.50 Å². The first-order valence-electron chi connectivity index (χ1n) is 12.0. The van der Waals surface area contributed by atoms with Gasteiger partial charge in [-0.1, -0.05) is 35.9 Å². The molecule has 176 valence electrons. The van der Waals surface area contributed by atoms with Gasteiger partial charge in [-0.25, -0.2) is 4.39 Å². The highest BCUT2D eigenvalue weighted by molar-refractivity contribution is 6.32. The van der Waals surface area contributed by atoms with E-state index in [-0.39, 0.29) is 11.6 Å². The predicted molar refractivity (Wildman–Crippen MR) is 139 cm³/mol. The quantitative estimate of drug-likeness (QED) is 0.458. The van der Waals surface area contributed by atoms with Crippen molar-refractivity contribution in [3.63, 3.8) is 0 Å². The molecule has 0 bridgehead atoms. The summed E-state index contributed by atoms with van der Waals surface area (Å²) < 4.78 is 13.8. The van der Waals surface area contributed by atoms with Crippen molar-refractivity contribution in [2.75, 3.05) is 31.1 Å². The number of nitrogens with zero attached hydrogens (tertiary/aromatic N) is 2. The van der Waals surface area contributed by atoms with E-state index in [1.54, 1.807) is 12.1 Å². The highest BCUT2D eigenvalue weighted by Crippen LogP contribution is 2.43. The summed E-state index contributed by atoms with van der Waals surface area (Å²) >= 11 is 6.50. The summed E-state index contributed by atoms with van der Waals surface area (Å²) in [6, 6.07) is 19.5. The highest BCUT2D eigenvalue weighted by Gasteiger charge is 2.24. The number of aryl methyl sites for hydroxylation is 1. The van der Waals surface area contributed by atoms with Crippen molar-refractivity contribution in [2.45, 2.75) is 32.7 Å². The van der Waals surface area contributed by atoms with Gasteiger partial charge in [0.25, 0.3) is 0 Å². The van der Waals surface area contributed by atoms with E-state index >= 15 is 0 Å². The second-order valence-corrected chi connectivity index (χ2v) is 9.89. The maximum absolute atomic E-state index is 13.8. The SMILES string of the molecule is CC(C)N1CCN(c2ccc(C3=C(c4ccc(F)cc4Cl)CCc4cc(O)ccc43)cc2)CC1. The van der Waals surface area contributed by atoms with Crippen molar-refractivity contribution in [1.82, 2.24) is 4.90 Å². The minimum absolute atomic E-state index is 0.275. The number of phenols is 1. The summed E-state index contributed by atoms with van der Waals surface area (Å²) in [7, 11) is 0. The van der Waals surface area contributed by atoms with E-state index < -0.39 is 0 Å². The van der Waals surface area contributed by atoms with Gasteiger partial charge in [0.2, 0.25) is 0 Å². The van der Waals surface area contributed by atoms with Crippen molar-refractivity contribution in [3.8, 4) is 5.75 Å². The summed E-state index contributed by atoms with van der Waals surface area (Å²) in [4.78, 5) is 4.96. The second-order valence-electron chi connectivity index (χ2n) is 9.48. The number of hydrogen-bond donors (Lipinski definition) is 1. The molecule has 1 fully saturated rings. The molecule has 0 amide bonds. The fourth-order valence-electron chi connectivity index (χ4n) is 5.25. The van der Waals surface area contributed by atoms with E-state index in [1.807, 2.05) is 12.1 Å². The van der Waals surface area contributed by atoms with Gasteiger partial charge in [-0.15, -0.1) is 0 Å². The lowest BCUT2D eigenvalue weighted by Gasteiger charge is -2.38. The average molecular weight is 477 g/mol. The van der Waals surface area contributed by atoms with Gasteiger partial charge in [0.05, 0.1) is 5.02 Å². The van der Waals surface area contributed by atoms with Gasteiger partial charge < -0.3 is 10.0 Å². The fraction of sp³-hybridized carbons (Fsp3) is 0.310. The van der Waals surface area contributed by atoms with Crippen LogP contribution in [0.2, 0.25) is 5.02 Å². The Bertz CT molecular complexity index is 1230. The number of rotatable bonds is 4. The van der Waals surface area contributed by atoms with Crippen molar-refractivity contribution in [1.29, 1.82) is 0 Å². The molecule has 1 aliphatic heterocycles. The molecular formula is C29H30ClFN2O. The number of hydrogen-bond acceptors (Lipinski definition) is 3. The first-order valence-corrected chi connectivity index (χ1v) is 12.4. The Morgan fingerprint density at radius 3 is 2.24 bits per heavy atom. The predicted octanol–water partition coefficient (Wildman–Crippen LogP) is 6.62. The number of fused-ring (bicyclic) bond motifs is 1. The molecule has 34 heavy (non-hydrogen) atoms. The normalized spacial score (nSPS) is 16.8. The van der Waals surface area contributed by atoms with Crippen LogP contribution in [0.4, 0.5) is 10.1 Å². The molecule has 1 heterocycles. The Morgan fingerprint density at radius 2 is 1.56 bits per heavy atom. The zero-order chi connectivity index (χ0) is 23.8. The van der Waals surface area contributed by atoms with Crippen LogP contribution in [0.5, 0.6) is 5.75 Å². The van der Waals surface area contributed by atoms with Gasteiger partial charge in [0.1, 0.15) is 11.6 Å². The molecule has 0 spiro atoms. The van der Waals surface area contributed by atoms with E-state index in [4.69, 9.17) is 11.6 Å². The van der Waals surface area contributed by atoms with E-state index in [1.165, 1.54) is 17.8 Å². The maximum atomic E-state index is 13.8. The molecule has 1 saturated heterocycles. The Kier molecular flexibility index (Phi) is 6.37. The van der Waals surface area contributed by atoms with Crippen LogP contribution < -0.4 is 4.90 Å². The van der Waals surface area contributed by atoms with Gasteiger partial charge in [0, 0.05) is 37.9 Å². The van der Waals surface area contributed by atoms with Crippen LogP contribution in [0.15, 0.2) is 60.7 Å². The number of halogens is 2. The van der Waals surface area contributed by atoms with Gasteiger partial charge in [-0.05, 0) is 96.5 Å². The Morgan fingerprint density at radius 1 is 0.853 bits per heavy atom.